The van der Waals surface area contributed by atoms with Crippen molar-refractivity contribution in [3.8, 4) is 0 Å². The summed E-state index contributed by atoms with van der Waals surface area (Å²) in [7, 11) is 0. The van der Waals surface area contributed by atoms with E-state index in [4.69, 9.17) is 0 Å². The van der Waals surface area contributed by atoms with Gasteiger partial charge in [0.05, 0.1) is 6.10 Å². The standard InChI is InChI=1S/C12H24O/c1-9(12(2,3)4)10-5-7-11(13)8-6-10/h9-11,13H,5-8H2,1-4H3. The van der Waals surface area contributed by atoms with Gasteiger partial charge in [0, 0.05) is 0 Å². The van der Waals surface area contributed by atoms with Gasteiger partial charge in [0.1, 0.15) is 0 Å². The van der Waals surface area contributed by atoms with E-state index in [-0.39, 0.29) is 6.10 Å². The zero-order chi connectivity index (χ0) is 10.1. The minimum Gasteiger partial charge on any atom is -0.393 e. The molecule has 0 aliphatic heterocycles. The molecule has 1 fully saturated rings. The third-order valence-electron chi connectivity index (χ3n) is 3.81. The molecule has 1 rings (SSSR count). The highest BCUT2D eigenvalue weighted by molar-refractivity contribution is 4.81. The number of rotatable bonds is 1. The SMILES string of the molecule is CC(C1CCC(O)CC1)C(C)(C)C. The summed E-state index contributed by atoms with van der Waals surface area (Å²) in [6.07, 6.45) is 4.47. The van der Waals surface area contributed by atoms with Crippen LogP contribution in [0.15, 0.2) is 0 Å². The molecule has 0 bridgehead atoms. The number of hydrogen-bond acceptors (Lipinski definition) is 1. The molecule has 1 aliphatic rings. The van der Waals surface area contributed by atoms with Gasteiger partial charge in [0.25, 0.3) is 0 Å². The average molecular weight is 184 g/mol. The molecule has 1 atom stereocenters. The summed E-state index contributed by atoms with van der Waals surface area (Å²) in [6, 6.07) is 0. The molecule has 0 heterocycles. The first kappa shape index (κ1) is 11.0. The van der Waals surface area contributed by atoms with Crippen molar-refractivity contribution in [2.45, 2.75) is 59.5 Å². The van der Waals surface area contributed by atoms with Crippen LogP contribution in [0.5, 0.6) is 0 Å². The van der Waals surface area contributed by atoms with Crippen LogP contribution in [0.2, 0.25) is 0 Å². The smallest absolute Gasteiger partial charge is 0.0540 e. The second kappa shape index (κ2) is 4.00. The van der Waals surface area contributed by atoms with Gasteiger partial charge >= 0.3 is 0 Å². The van der Waals surface area contributed by atoms with Crippen LogP contribution in [0.3, 0.4) is 0 Å². The summed E-state index contributed by atoms with van der Waals surface area (Å²) in [5.74, 6) is 1.61. The third kappa shape index (κ3) is 2.98. The molecule has 1 nitrogen and oxygen atoms in total. The predicted molar refractivity (Wildman–Crippen MR) is 56.6 cm³/mol. The summed E-state index contributed by atoms with van der Waals surface area (Å²) in [6.45, 7) is 9.33. The fraction of sp³-hybridized carbons (Fsp3) is 1.00. The first-order valence-electron chi connectivity index (χ1n) is 5.59. The average Bonchev–Trinajstić information content (AvgIpc) is 2.03. The number of hydrogen-bond donors (Lipinski definition) is 1. The van der Waals surface area contributed by atoms with Crippen molar-refractivity contribution in [3.63, 3.8) is 0 Å². The van der Waals surface area contributed by atoms with Gasteiger partial charge in [-0.05, 0) is 42.9 Å². The first-order chi connectivity index (χ1) is 5.91. The Morgan fingerprint density at radius 1 is 1.08 bits per heavy atom. The van der Waals surface area contributed by atoms with E-state index >= 15 is 0 Å². The zero-order valence-electron chi connectivity index (χ0n) is 9.51. The van der Waals surface area contributed by atoms with Gasteiger partial charge in [-0.2, -0.15) is 0 Å². The van der Waals surface area contributed by atoms with Crippen molar-refractivity contribution < 1.29 is 5.11 Å². The highest BCUT2D eigenvalue weighted by Gasteiger charge is 2.30. The molecule has 0 aromatic heterocycles. The van der Waals surface area contributed by atoms with E-state index in [0.717, 1.165) is 24.7 Å². The van der Waals surface area contributed by atoms with Crippen molar-refractivity contribution in [1.82, 2.24) is 0 Å². The van der Waals surface area contributed by atoms with Crippen LogP contribution in [-0.4, -0.2) is 11.2 Å². The molecular weight excluding hydrogens is 160 g/mol. The first-order valence-corrected chi connectivity index (χ1v) is 5.59. The van der Waals surface area contributed by atoms with Crippen LogP contribution in [0.4, 0.5) is 0 Å². The molecule has 0 spiro atoms. The van der Waals surface area contributed by atoms with Gasteiger partial charge in [0.2, 0.25) is 0 Å². The highest BCUT2D eigenvalue weighted by atomic mass is 16.3. The summed E-state index contributed by atoms with van der Waals surface area (Å²) >= 11 is 0. The van der Waals surface area contributed by atoms with E-state index in [9.17, 15) is 5.11 Å². The van der Waals surface area contributed by atoms with E-state index in [1.807, 2.05) is 0 Å². The van der Waals surface area contributed by atoms with Crippen LogP contribution in [0.25, 0.3) is 0 Å². The number of aliphatic hydroxyl groups excluding tert-OH is 1. The van der Waals surface area contributed by atoms with Crippen LogP contribution in [0.1, 0.15) is 53.4 Å². The molecule has 0 radical (unpaired) electrons. The molecule has 0 amide bonds. The maximum absolute atomic E-state index is 9.41. The Hall–Kier alpha value is -0.0400. The summed E-state index contributed by atoms with van der Waals surface area (Å²) < 4.78 is 0. The van der Waals surface area contributed by atoms with Crippen LogP contribution >= 0.6 is 0 Å². The largest absolute Gasteiger partial charge is 0.393 e. The maximum Gasteiger partial charge on any atom is 0.0540 e. The number of aliphatic hydroxyl groups is 1. The Balaban J connectivity index is 2.45. The molecule has 0 aromatic rings. The molecule has 1 heteroatoms. The monoisotopic (exact) mass is 184 g/mol. The van der Waals surface area contributed by atoms with E-state index in [0.29, 0.717) is 5.41 Å². The molecular formula is C12H24O. The molecule has 1 saturated carbocycles. The lowest BCUT2D eigenvalue weighted by Gasteiger charge is -2.37. The highest BCUT2D eigenvalue weighted by Crippen LogP contribution is 2.39. The summed E-state index contributed by atoms with van der Waals surface area (Å²) in [5.41, 5.74) is 0.424. The van der Waals surface area contributed by atoms with E-state index in [1.54, 1.807) is 0 Å². The molecule has 0 saturated heterocycles. The minimum absolute atomic E-state index is 0.0107. The van der Waals surface area contributed by atoms with Crippen molar-refractivity contribution >= 4 is 0 Å². The van der Waals surface area contributed by atoms with E-state index < -0.39 is 0 Å². The van der Waals surface area contributed by atoms with Crippen LogP contribution < -0.4 is 0 Å². The Morgan fingerprint density at radius 3 is 1.92 bits per heavy atom. The van der Waals surface area contributed by atoms with Gasteiger partial charge in [-0.15, -0.1) is 0 Å². The minimum atomic E-state index is -0.0107. The molecule has 1 N–H and O–H groups in total. The summed E-state index contributed by atoms with van der Waals surface area (Å²) in [5, 5.41) is 9.41. The fourth-order valence-corrected chi connectivity index (χ4v) is 2.31. The Bertz CT molecular complexity index is 149. The fourth-order valence-electron chi connectivity index (χ4n) is 2.31. The Kier molecular flexibility index (Phi) is 3.39. The normalized spacial score (nSPS) is 33.0. The van der Waals surface area contributed by atoms with Crippen molar-refractivity contribution in [1.29, 1.82) is 0 Å². The second-order valence-electron chi connectivity index (χ2n) is 5.72. The lowest BCUT2D eigenvalue weighted by atomic mass is 9.69. The molecule has 1 aliphatic carbocycles. The van der Waals surface area contributed by atoms with Crippen molar-refractivity contribution in [2.75, 3.05) is 0 Å². The van der Waals surface area contributed by atoms with Gasteiger partial charge in [0.15, 0.2) is 0 Å². The van der Waals surface area contributed by atoms with Gasteiger partial charge in [-0.25, -0.2) is 0 Å². The van der Waals surface area contributed by atoms with Gasteiger partial charge in [-0.3, -0.25) is 0 Å². The van der Waals surface area contributed by atoms with Gasteiger partial charge < -0.3 is 5.11 Å². The maximum atomic E-state index is 9.41. The molecule has 78 valence electrons. The zero-order valence-corrected chi connectivity index (χ0v) is 9.51. The van der Waals surface area contributed by atoms with Crippen molar-refractivity contribution in [2.24, 2.45) is 17.3 Å². The van der Waals surface area contributed by atoms with Crippen molar-refractivity contribution in [3.05, 3.63) is 0 Å². The Labute approximate surface area is 82.5 Å². The Morgan fingerprint density at radius 2 is 1.54 bits per heavy atom. The molecule has 13 heavy (non-hydrogen) atoms. The third-order valence-corrected chi connectivity index (χ3v) is 3.81. The second-order valence-corrected chi connectivity index (χ2v) is 5.72. The lowest BCUT2D eigenvalue weighted by Crippen LogP contribution is -2.30. The van der Waals surface area contributed by atoms with Gasteiger partial charge in [-0.1, -0.05) is 27.7 Å². The topological polar surface area (TPSA) is 20.2 Å². The predicted octanol–water partition coefficient (Wildman–Crippen LogP) is 3.22. The quantitative estimate of drug-likeness (QED) is 0.663. The summed E-state index contributed by atoms with van der Waals surface area (Å²) in [4.78, 5) is 0. The van der Waals surface area contributed by atoms with Crippen LogP contribution in [-0.2, 0) is 0 Å². The molecule has 0 aromatic carbocycles. The molecule has 1 unspecified atom stereocenters. The lowest BCUT2D eigenvalue weighted by molar-refractivity contribution is 0.0664. The van der Waals surface area contributed by atoms with E-state index in [2.05, 4.69) is 27.7 Å². The van der Waals surface area contributed by atoms with Crippen LogP contribution in [0, 0.1) is 17.3 Å². The van der Waals surface area contributed by atoms with E-state index in [1.165, 1.54) is 12.8 Å².